The van der Waals surface area contributed by atoms with Gasteiger partial charge < -0.3 is 15.2 Å². The summed E-state index contributed by atoms with van der Waals surface area (Å²) in [5, 5.41) is 11.9. The Morgan fingerprint density at radius 3 is 2.44 bits per heavy atom. The third-order valence-electron chi connectivity index (χ3n) is 5.39. The molecule has 0 fully saturated rings. The van der Waals surface area contributed by atoms with Crippen molar-refractivity contribution in [2.45, 2.75) is 53.5 Å². The van der Waals surface area contributed by atoms with Gasteiger partial charge in [-0.05, 0) is 77.6 Å². The summed E-state index contributed by atoms with van der Waals surface area (Å²) in [6.45, 7) is 11.2. The second kappa shape index (κ2) is 7.26. The largest absolute Gasteiger partial charge is 0.493 e. The van der Waals surface area contributed by atoms with Gasteiger partial charge in [-0.2, -0.15) is 0 Å². The van der Waals surface area contributed by atoms with Crippen molar-refractivity contribution in [3.8, 4) is 16.9 Å². The number of hydrogen-bond donors (Lipinski definition) is 2. The number of aryl methyl sites for hydroxylation is 2. The summed E-state index contributed by atoms with van der Waals surface area (Å²) in [6.07, 6.45) is 0.878. The maximum Gasteiger partial charge on any atom is 0.405 e. The van der Waals surface area contributed by atoms with Crippen LogP contribution in [0.3, 0.4) is 0 Å². The summed E-state index contributed by atoms with van der Waals surface area (Å²) in [7, 11) is 0. The Morgan fingerprint density at radius 2 is 1.85 bits per heavy atom. The molecule has 4 nitrogen and oxygen atoms in total. The fourth-order valence-electron chi connectivity index (χ4n) is 4.18. The van der Waals surface area contributed by atoms with Crippen LogP contribution in [0.1, 0.15) is 55.5 Å². The highest BCUT2D eigenvalue weighted by Gasteiger charge is 2.40. The van der Waals surface area contributed by atoms with Gasteiger partial charge in [-0.15, -0.1) is 0 Å². The molecule has 2 aromatic rings. The minimum absolute atomic E-state index is 0.136. The van der Waals surface area contributed by atoms with Gasteiger partial charge in [-0.3, -0.25) is 0 Å². The van der Waals surface area contributed by atoms with Gasteiger partial charge in [0.2, 0.25) is 0 Å². The van der Waals surface area contributed by atoms with Crippen molar-refractivity contribution in [2.24, 2.45) is 5.41 Å². The van der Waals surface area contributed by atoms with E-state index in [4.69, 9.17) is 4.74 Å². The van der Waals surface area contributed by atoms with Crippen LogP contribution in [0.25, 0.3) is 11.1 Å². The Balaban J connectivity index is 1.96. The Bertz CT molecular complexity index is 847. The number of amides is 1. The van der Waals surface area contributed by atoms with Crippen LogP contribution < -0.4 is 10.1 Å². The second-order valence-electron chi connectivity index (χ2n) is 8.25. The zero-order chi connectivity index (χ0) is 19.8. The highest BCUT2D eigenvalue weighted by Crippen LogP contribution is 2.46. The molecule has 0 saturated heterocycles. The minimum atomic E-state index is -0.973. The average Bonchev–Trinajstić information content (AvgIpc) is 2.83. The number of hydrogen-bond acceptors (Lipinski definition) is 2. The van der Waals surface area contributed by atoms with Gasteiger partial charge in [0.25, 0.3) is 0 Å². The quantitative estimate of drug-likeness (QED) is 0.718. The molecule has 0 saturated carbocycles. The maximum atomic E-state index is 11.2. The lowest BCUT2D eigenvalue weighted by Crippen LogP contribution is -2.34. The van der Waals surface area contributed by atoms with Crippen molar-refractivity contribution in [3.63, 3.8) is 0 Å². The molecule has 0 aromatic heterocycles. The molecule has 0 spiro atoms. The van der Waals surface area contributed by atoms with Gasteiger partial charge in [-0.1, -0.05) is 39.0 Å². The summed E-state index contributed by atoms with van der Waals surface area (Å²) in [4.78, 5) is 11.2. The highest BCUT2D eigenvalue weighted by molar-refractivity contribution is 5.70. The average molecular weight is 367 g/mol. The molecule has 0 heterocycles. The lowest BCUT2D eigenvalue weighted by Gasteiger charge is -2.27. The number of benzene rings is 2. The number of ether oxygens (including phenoxy) is 1. The van der Waals surface area contributed by atoms with Crippen molar-refractivity contribution in [1.29, 1.82) is 0 Å². The van der Waals surface area contributed by atoms with E-state index in [-0.39, 0.29) is 11.5 Å². The molecule has 1 unspecified atom stereocenters. The molecule has 2 N–H and O–H groups in total. The van der Waals surface area contributed by atoms with Crippen LogP contribution in [-0.4, -0.2) is 17.8 Å². The molecular weight excluding hydrogens is 338 g/mol. The molecule has 0 aliphatic heterocycles. The molecule has 1 aliphatic rings. The topological polar surface area (TPSA) is 58.6 Å². The molecule has 4 heteroatoms. The van der Waals surface area contributed by atoms with Crippen molar-refractivity contribution in [1.82, 2.24) is 5.32 Å². The van der Waals surface area contributed by atoms with E-state index in [2.05, 4.69) is 70.3 Å². The normalized spacial score (nSPS) is 17.4. The molecule has 0 radical (unpaired) electrons. The Morgan fingerprint density at radius 1 is 1.19 bits per heavy atom. The summed E-state index contributed by atoms with van der Waals surface area (Å²) < 4.78 is 5.90. The molecule has 2 aromatic carbocycles. The lowest BCUT2D eigenvalue weighted by molar-refractivity contribution is 0.175. The van der Waals surface area contributed by atoms with Crippen LogP contribution in [-0.2, 0) is 6.42 Å². The minimum Gasteiger partial charge on any atom is -0.493 e. The lowest BCUT2D eigenvalue weighted by atomic mass is 9.85. The van der Waals surface area contributed by atoms with Crippen molar-refractivity contribution in [2.75, 3.05) is 6.61 Å². The first kappa shape index (κ1) is 19.3. The Hall–Kier alpha value is -2.49. The van der Waals surface area contributed by atoms with E-state index in [1.807, 2.05) is 0 Å². The third kappa shape index (κ3) is 3.80. The van der Waals surface area contributed by atoms with Crippen LogP contribution in [0, 0.1) is 19.3 Å². The first-order valence-electron chi connectivity index (χ1n) is 9.59. The number of fused-ring (bicyclic) bond motifs is 1. The van der Waals surface area contributed by atoms with Gasteiger partial charge in [0.05, 0.1) is 12.6 Å². The van der Waals surface area contributed by atoms with E-state index in [0.29, 0.717) is 0 Å². The highest BCUT2D eigenvalue weighted by atomic mass is 16.5. The van der Waals surface area contributed by atoms with Gasteiger partial charge in [0.15, 0.2) is 0 Å². The summed E-state index contributed by atoms with van der Waals surface area (Å²) in [5.41, 5.74) is 6.79. The second-order valence-corrected chi connectivity index (χ2v) is 8.25. The molecule has 1 aliphatic carbocycles. The Labute approximate surface area is 161 Å². The molecule has 27 heavy (non-hydrogen) atoms. The molecule has 0 bridgehead atoms. The predicted molar refractivity (Wildman–Crippen MR) is 109 cm³/mol. The van der Waals surface area contributed by atoms with Crippen LogP contribution in [0.5, 0.6) is 5.75 Å². The number of rotatable bonds is 5. The summed E-state index contributed by atoms with van der Waals surface area (Å²) >= 11 is 0. The van der Waals surface area contributed by atoms with Crippen molar-refractivity contribution >= 4 is 6.09 Å². The Kier molecular flexibility index (Phi) is 5.18. The molecule has 144 valence electrons. The fourth-order valence-corrected chi connectivity index (χ4v) is 4.18. The SMILES string of the molecule is CCCOc1c(C)cc(-c2ccc3c(c2)CC(C)(C)C3NC(=O)O)cc1C. The fraction of sp³-hybridized carbons (Fsp3) is 0.435. The van der Waals surface area contributed by atoms with Crippen LogP contribution in [0.15, 0.2) is 30.3 Å². The molecule has 3 rings (SSSR count). The predicted octanol–water partition coefficient (Wildman–Crippen LogP) is 5.65. The van der Waals surface area contributed by atoms with E-state index < -0.39 is 6.09 Å². The maximum absolute atomic E-state index is 11.2. The van der Waals surface area contributed by atoms with E-state index in [1.165, 1.54) is 11.1 Å². The molecular formula is C23H29NO3. The van der Waals surface area contributed by atoms with Crippen LogP contribution in [0.2, 0.25) is 0 Å². The first-order valence-corrected chi connectivity index (χ1v) is 9.59. The first-order chi connectivity index (χ1) is 12.7. The summed E-state index contributed by atoms with van der Waals surface area (Å²) in [6, 6.07) is 10.6. The van der Waals surface area contributed by atoms with E-state index in [1.54, 1.807) is 0 Å². The monoisotopic (exact) mass is 367 g/mol. The zero-order valence-electron chi connectivity index (χ0n) is 16.8. The van der Waals surface area contributed by atoms with Crippen LogP contribution in [0.4, 0.5) is 4.79 Å². The zero-order valence-corrected chi connectivity index (χ0v) is 16.8. The van der Waals surface area contributed by atoms with E-state index >= 15 is 0 Å². The molecule has 1 atom stereocenters. The van der Waals surface area contributed by atoms with Crippen molar-refractivity contribution in [3.05, 3.63) is 52.6 Å². The van der Waals surface area contributed by atoms with E-state index in [9.17, 15) is 9.90 Å². The third-order valence-corrected chi connectivity index (χ3v) is 5.39. The standard InChI is InChI=1S/C23H29NO3/c1-6-9-27-20-14(2)10-17(11-15(20)3)16-7-8-19-18(12-16)13-23(4,5)21(19)24-22(25)26/h7-8,10-12,21,24H,6,9,13H2,1-5H3,(H,25,26). The van der Waals surface area contributed by atoms with Crippen LogP contribution >= 0.6 is 0 Å². The molecule has 1 amide bonds. The smallest absolute Gasteiger partial charge is 0.405 e. The van der Waals surface area contributed by atoms with E-state index in [0.717, 1.165) is 47.5 Å². The van der Waals surface area contributed by atoms with Gasteiger partial charge in [-0.25, -0.2) is 4.79 Å². The van der Waals surface area contributed by atoms with Crippen molar-refractivity contribution < 1.29 is 14.6 Å². The van der Waals surface area contributed by atoms with Gasteiger partial charge in [0, 0.05) is 0 Å². The number of nitrogens with one attached hydrogen (secondary N) is 1. The number of carbonyl (C=O) groups is 1. The summed E-state index contributed by atoms with van der Waals surface area (Å²) in [5.74, 6) is 0.980. The van der Waals surface area contributed by atoms with Gasteiger partial charge >= 0.3 is 6.09 Å². The van der Waals surface area contributed by atoms with Gasteiger partial charge in [0.1, 0.15) is 5.75 Å². The number of carboxylic acid groups (broad SMARTS) is 1.